The first-order valence-electron chi connectivity index (χ1n) is 9.01. The minimum absolute atomic E-state index is 0.281. The van der Waals surface area contributed by atoms with Crippen molar-refractivity contribution in [2.75, 3.05) is 17.7 Å². The molecule has 0 unspecified atom stereocenters. The summed E-state index contributed by atoms with van der Waals surface area (Å²) in [6.45, 7) is 7.80. The lowest BCUT2D eigenvalue weighted by Gasteiger charge is -2.13. The normalized spacial score (nSPS) is 10.5. The Morgan fingerprint density at radius 3 is 2.32 bits per heavy atom. The molecule has 0 saturated carbocycles. The van der Waals surface area contributed by atoms with Crippen molar-refractivity contribution in [3.05, 3.63) is 70.5 Å². The van der Waals surface area contributed by atoms with E-state index >= 15 is 0 Å². The molecule has 2 N–H and O–H groups in total. The molecule has 3 rings (SSSR count). The molecule has 0 fully saturated rings. The Hall–Kier alpha value is -3.41. The fourth-order valence-electron chi connectivity index (χ4n) is 2.92. The number of amides is 1. The van der Waals surface area contributed by atoms with Gasteiger partial charge in [-0.2, -0.15) is 0 Å². The average Bonchev–Trinajstić information content (AvgIpc) is 2.63. The Bertz CT molecular complexity index is 1030. The van der Waals surface area contributed by atoms with Crippen LogP contribution in [0.1, 0.15) is 32.9 Å². The van der Waals surface area contributed by atoms with Crippen LogP contribution in [0, 0.1) is 27.7 Å². The van der Waals surface area contributed by atoms with Crippen LogP contribution in [0.5, 0.6) is 5.75 Å². The van der Waals surface area contributed by atoms with E-state index in [0.717, 1.165) is 28.1 Å². The summed E-state index contributed by atoms with van der Waals surface area (Å²) >= 11 is 0. The summed E-state index contributed by atoms with van der Waals surface area (Å²) in [5, 5.41) is 6.08. The Morgan fingerprint density at radius 2 is 1.61 bits per heavy atom. The van der Waals surface area contributed by atoms with Crippen LogP contribution in [0.4, 0.5) is 17.3 Å². The highest BCUT2D eigenvalue weighted by atomic mass is 16.5. The molecule has 3 aromatic rings. The Kier molecular flexibility index (Phi) is 5.59. The predicted octanol–water partition coefficient (Wildman–Crippen LogP) is 4.71. The summed E-state index contributed by atoms with van der Waals surface area (Å²) in [6.07, 6.45) is 0. The summed E-state index contributed by atoms with van der Waals surface area (Å²) < 4.78 is 5.38. The van der Waals surface area contributed by atoms with Gasteiger partial charge in [0.1, 0.15) is 11.4 Å². The summed E-state index contributed by atoms with van der Waals surface area (Å²) in [7, 11) is 1.61. The zero-order chi connectivity index (χ0) is 20.3. The van der Waals surface area contributed by atoms with Gasteiger partial charge < -0.3 is 15.4 Å². The fraction of sp³-hybridized carbons (Fsp3) is 0.227. The van der Waals surface area contributed by atoms with Crippen molar-refractivity contribution in [3.8, 4) is 5.75 Å². The monoisotopic (exact) mass is 376 g/mol. The van der Waals surface area contributed by atoms with Gasteiger partial charge in [-0.3, -0.25) is 4.79 Å². The van der Waals surface area contributed by atoms with Gasteiger partial charge in [-0.15, -0.1) is 0 Å². The second kappa shape index (κ2) is 8.08. The third kappa shape index (κ3) is 4.46. The van der Waals surface area contributed by atoms with E-state index in [9.17, 15) is 4.79 Å². The van der Waals surface area contributed by atoms with E-state index in [-0.39, 0.29) is 5.91 Å². The molecule has 28 heavy (non-hydrogen) atoms. The number of anilines is 3. The highest BCUT2D eigenvalue weighted by Gasteiger charge is 2.13. The van der Waals surface area contributed by atoms with Crippen LogP contribution in [0.2, 0.25) is 0 Å². The van der Waals surface area contributed by atoms with Crippen LogP contribution in [0.3, 0.4) is 0 Å². The van der Waals surface area contributed by atoms with Crippen LogP contribution in [-0.4, -0.2) is 23.0 Å². The molecule has 144 valence electrons. The molecule has 0 atom stereocenters. The lowest BCUT2D eigenvalue weighted by atomic mass is 10.1. The molecule has 0 radical (unpaired) electrons. The number of methoxy groups -OCH3 is 1. The largest absolute Gasteiger partial charge is 0.495 e. The number of carbonyl (C=O) groups excluding carboxylic acids is 1. The summed E-state index contributed by atoms with van der Waals surface area (Å²) in [6, 6.07) is 13.3. The van der Waals surface area contributed by atoms with Gasteiger partial charge in [-0.25, -0.2) is 9.97 Å². The van der Waals surface area contributed by atoms with Crippen LogP contribution < -0.4 is 15.4 Å². The topological polar surface area (TPSA) is 76.1 Å². The standard InChI is InChI=1S/C22H24N4O2/c1-13-6-8-17(15(3)10-13)24-21(27)19-12-16(4)23-22(26-19)25-18-11-14(2)7-9-20(18)28-5/h6-12H,1-5H3,(H,24,27)(H,23,25,26). The molecule has 0 saturated heterocycles. The Labute approximate surface area is 165 Å². The molecule has 1 heterocycles. The van der Waals surface area contributed by atoms with Crippen molar-refractivity contribution in [3.63, 3.8) is 0 Å². The molecule has 0 bridgehead atoms. The maximum absolute atomic E-state index is 12.7. The SMILES string of the molecule is COc1ccc(C)cc1Nc1nc(C)cc(C(=O)Nc2ccc(C)cc2C)n1. The van der Waals surface area contributed by atoms with E-state index in [2.05, 4.69) is 20.6 Å². The molecule has 6 nitrogen and oxygen atoms in total. The smallest absolute Gasteiger partial charge is 0.274 e. The van der Waals surface area contributed by atoms with Crippen LogP contribution in [-0.2, 0) is 0 Å². The van der Waals surface area contributed by atoms with E-state index < -0.39 is 0 Å². The van der Waals surface area contributed by atoms with Crippen molar-refractivity contribution >= 4 is 23.2 Å². The number of rotatable bonds is 5. The maximum atomic E-state index is 12.7. The summed E-state index contributed by atoms with van der Waals surface area (Å²) in [5.41, 5.74) is 5.71. The number of nitrogens with zero attached hydrogens (tertiary/aromatic N) is 2. The quantitative estimate of drug-likeness (QED) is 0.674. The molecule has 0 aliphatic carbocycles. The maximum Gasteiger partial charge on any atom is 0.274 e. The first kappa shape index (κ1) is 19.4. The molecule has 1 aromatic heterocycles. The van der Waals surface area contributed by atoms with E-state index in [0.29, 0.717) is 23.1 Å². The molecule has 1 amide bonds. The average molecular weight is 376 g/mol. The highest BCUT2D eigenvalue weighted by Crippen LogP contribution is 2.27. The first-order chi connectivity index (χ1) is 13.4. The van der Waals surface area contributed by atoms with Gasteiger partial charge in [0.2, 0.25) is 5.95 Å². The Morgan fingerprint density at radius 1 is 0.893 bits per heavy atom. The number of aromatic nitrogens is 2. The number of aryl methyl sites for hydroxylation is 4. The van der Waals surface area contributed by atoms with Gasteiger partial charge in [0, 0.05) is 11.4 Å². The highest BCUT2D eigenvalue weighted by molar-refractivity contribution is 6.03. The first-order valence-corrected chi connectivity index (χ1v) is 9.01. The lowest BCUT2D eigenvalue weighted by Crippen LogP contribution is -2.16. The molecule has 2 aromatic carbocycles. The predicted molar refractivity (Wildman–Crippen MR) is 112 cm³/mol. The number of benzene rings is 2. The zero-order valence-electron chi connectivity index (χ0n) is 16.8. The second-order valence-electron chi connectivity index (χ2n) is 6.82. The van der Waals surface area contributed by atoms with Gasteiger partial charge in [0.15, 0.2) is 0 Å². The van der Waals surface area contributed by atoms with E-state index in [1.807, 2.05) is 64.1 Å². The second-order valence-corrected chi connectivity index (χ2v) is 6.82. The number of ether oxygens (including phenoxy) is 1. The molecule has 0 aliphatic heterocycles. The van der Waals surface area contributed by atoms with Crippen LogP contribution in [0.25, 0.3) is 0 Å². The molecular formula is C22H24N4O2. The van der Waals surface area contributed by atoms with Gasteiger partial charge in [0.05, 0.1) is 12.8 Å². The van der Waals surface area contributed by atoms with Crippen molar-refractivity contribution < 1.29 is 9.53 Å². The van der Waals surface area contributed by atoms with Gasteiger partial charge in [-0.05, 0) is 63.1 Å². The van der Waals surface area contributed by atoms with Crippen molar-refractivity contribution in [1.29, 1.82) is 0 Å². The van der Waals surface area contributed by atoms with Gasteiger partial charge >= 0.3 is 0 Å². The van der Waals surface area contributed by atoms with Crippen LogP contribution in [0.15, 0.2) is 42.5 Å². The molecule has 0 spiro atoms. The third-order valence-corrected chi connectivity index (χ3v) is 4.32. The molecule has 0 aliphatic rings. The van der Waals surface area contributed by atoms with Crippen molar-refractivity contribution in [1.82, 2.24) is 9.97 Å². The van der Waals surface area contributed by atoms with Crippen molar-refractivity contribution in [2.24, 2.45) is 0 Å². The fourth-order valence-corrected chi connectivity index (χ4v) is 2.92. The molecule has 6 heteroatoms. The summed E-state index contributed by atoms with van der Waals surface area (Å²) in [4.78, 5) is 21.5. The van der Waals surface area contributed by atoms with Gasteiger partial charge in [-0.1, -0.05) is 23.8 Å². The van der Waals surface area contributed by atoms with E-state index in [1.165, 1.54) is 0 Å². The number of hydrogen-bond donors (Lipinski definition) is 2. The van der Waals surface area contributed by atoms with Crippen molar-refractivity contribution in [2.45, 2.75) is 27.7 Å². The Balaban J connectivity index is 1.87. The van der Waals surface area contributed by atoms with Crippen LogP contribution >= 0.6 is 0 Å². The third-order valence-electron chi connectivity index (χ3n) is 4.32. The minimum atomic E-state index is -0.281. The zero-order valence-corrected chi connectivity index (χ0v) is 16.8. The molecular weight excluding hydrogens is 352 g/mol. The number of hydrogen-bond acceptors (Lipinski definition) is 5. The summed E-state index contributed by atoms with van der Waals surface area (Å²) in [5.74, 6) is 0.739. The minimum Gasteiger partial charge on any atom is -0.495 e. The number of carbonyl (C=O) groups is 1. The van der Waals surface area contributed by atoms with Gasteiger partial charge in [0.25, 0.3) is 5.91 Å². The van der Waals surface area contributed by atoms with E-state index in [1.54, 1.807) is 13.2 Å². The lowest BCUT2D eigenvalue weighted by molar-refractivity contribution is 0.102. The van der Waals surface area contributed by atoms with E-state index in [4.69, 9.17) is 4.74 Å². The number of nitrogens with one attached hydrogen (secondary N) is 2.